The summed E-state index contributed by atoms with van der Waals surface area (Å²) in [5, 5.41) is 12.1. The monoisotopic (exact) mass is 247 g/mol. The van der Waals surface area contributed by atoms with Crippen LogP contribution < -0.4 is 5.32 Å². The van der Waals surface area contributed by atoms with Gasteiger partial charge in [0, 0.05) is 12.2 Å². The van der Waals surface area contributed by atoms with Gasteiger partial charge in [0.05, 0.1) is 18.6 Å². The van der Waals surface area contributed by atoms with Crippen LogP contribution in [-0.4, -0.2) is 24.1 Å². The second-order valence-electron chi connectivity index (χ2n) is 3.90. The summed E-state index contributed by atoms with van der Waals surface area (Å²) in [4.78, 5) is 15.4. The Kier molecular flexibility index (Phi) is 5.12. The molecule has 5 heteroatoms. The van der Waals surface area contributed by atoms with Crippen LogP contribution in [0.1, 0.15) is 30.2 Å². The summed E-state index contributed by atoms with van der Waals surface area (Å²) in [6, 6.07) is 3.97. The van der Waals surface area contributed by atoms with Gasteiger partial charge in [0.15, 0.2) is 0 Å². The van der Waals surface area contributed by atoms with Gasteiger partial charge in [0.25, 0.3) is 0 Å². The van der Waals surface area contributed by atoms with Crippen LogP contribution >= 0.6 is 0 Å². The third kappa shape index (κ3) is 3.74. The molecule has 0 saturated heterocycles. The Hall–Kier alpha value is -2.09. The highest BCUT2D eigenvalue weighted by molar-refractivity contribution is 5.70. The minimum atomic E-state index is -0.257. The van der Waals surface area contributed by atoms with Gasteiger partial charge in [-0.25, -0.2) is 4.98 Å². The lowest BCUT2D eigenvalue weighted by molar-refractivity contribution is -0.142. The first kappa shape index (κ1) is 14.0. The highest BCUT2D eigenvalue weighted by atomic mass is 16.5. The zero-order chi connectivity index (χ0) is 13.5. The Bertz CT molecular complexity index is 478. The van der Waals surface area contributed by atoms with E-state index in [9.17, 15) is 4.79 Å². The van der Waals surface area contributed by atoms with E-state index in [1.807, 2.05) is 19.9 Å². The average Bonchev–Trinajstić information content (AvgIpc) is 2.28. The van der Waals surface area contributed by atoms with E-state index in [1.54, 1.807) is 6.92 Å². The molecule has 0 unspecified atom stereocenters. The van der Waals surface area contributed by atoms with Crippen molar-refractivity contribution in [2.45, 2.75) is 27.2 Å². The molecule has 96 valence electrons. The molecule has 0 aromatic carbocycles. The summed E-state index contributed by atoms with van der Waals surface area (Å²) < 4.78 is 4.82. The second kappa shape index (κ2) is 6.60. The van der Waals surface area contributed by atoms with E-state index in [0.717, 1.165) is 11.3 Å². The van der Waals surface area contributed by atoms with Gasteiger partial charge in [0.1, 0.15) is 11.9 Å². The molecule has 1 rings (SSSR count). The predicted octanol–water partition coefficient (Wildman–Crippen LogP) is 1.94. The first-order chi connectivity index (χ1) is 8.58. The number of aryl methyl sites for hydroxylation is 2. The van der Waals surface area contributed by atoms with Crippen molar-refractivity contribution in [3.8, 4) is 6.07 Å². The molecule has 0 aliphatic heterocycles. The molecule has 1 aromatic heterocycles. The Labute approximate surface area is 107 Å². The number of nitriles is 1. The first-order valence-corrected chi connectivity index (χ1v) is 5.86. The Morgan fingerprint density at radius 3 is 2.89 bits per heavy atom. The number of aromatic nitrogens is 1. The normalized spacial score (nSPS) is 9.67. The maximum Gasteiger partial charge on any atom is 0.307 e. The van der Waals surface area contributed by atoms with Gasteiger partial charge in [-0.3, -0.25) is 4.79 Å². The summed E-state index contributed by atoms with van der Waals surface area (Å²) >= 11 is 0. The van der Waals surface area contributed by atoms with Gasteiger partial charge in [-0.15, -0.1) is 0 Å². The molecule has 1 aromatic rings. The van der Waals surface area contributed by atoms with Crippen molar-refractivity contribution >= 4 is 11.8 Å². The molecule has 0 amide bonds. The molecular weight excluding hydrogens is 230 g/mol. The molecule has 0 fully saturated rings. The molecule has 18 heavy (non-hydrogen) atoms. The number of pyridine rings is 1. The van der Waals surface area contributed by atoms with E-state index in [4.69, 9.17) is 10.00 Å². The standard InChI is InChI=1S/C13H17N3O2/c1-4-18-12(17)5-6-15-13-11(8-14)9(2)7-10(3)16-13/h7H,4-6H2,1-3H3,(H,15,16). The Morgan fingerprint density at radius 1 is 1.56 bits per heavy atom. The molecule has 0 saturated carbocycles. The maximum absolute atomic E-state index is 11.2. The van der Waals surface area contributed by atoms with Gasteiger partial charge in [-0.2, -0.15) is 5.26 Å². The van der Waals surface area contributed by atoms with E-state index in [-0.39, 0.29) is 12.4 Å². The molecule has 1 N–H and O–H groups in total. The first-order valence-electron chi connectivity index (χ1n) is 5.86. The number of rotatable bonds is 5. The van der Waals surface area contributed by atoms with Crippen molar-refractivity contribution in [3.63, 3.8) is 0 Å². The van der Waals surface area contributed by atoms with Crippen LogP contribution in [-0.2, 0) is 9.53 Å². The lowest BCUT2D eigenvalue weighted by Gasteiger charge is -2.09. The fourth-order valence-corrected chi connectivity index (χ4v) is 1.62. The molecule has 0 bridgehead atoms. The number of nitrogens with zero attached hydrogens (tertiary/aromatic N) is 2. The minimum absolute atomic E-state index is 0.257. The second-order valence-corrected chi connectivity index (χ2v) is 3.90. The zero-order valence-corrected chi connectivity index (χ0v) is 10.9. The predicted molar refractivity (Wildman–Crippen MR) is 68.2 cm³/mol. The van der Waals surface area contributed by atoms with Gasteiger partial charge >= 0.3 is 5.97 Å². The summed E-state index contributed by atoms with van der Waals surface area (Å²) in [5.74, 6) is 0.271. The summed E-state index contributed by atoms with van der Waals surface area (Å²) in [6.45, 7) is 6.28. The Balaban J connectivity index is 2.68. The van der Waals surface area contributed by atoms with Gasteiger partial charge in [-0.1, -0.05) is 0 Å². The summed E-state index contributed by atoms with van der Waals surface area (Å²) in [6.07, 6.45) is 0.257. The number of ether oxygens (including phenoxy) is 1. The van der Waals surface area contributed by atoms with Crippen LogP contribution in [0.5, 0.6) is 0 Å². The quantitative estimate of drug-likeness (QED) is 0.805. The van der Waals surface area contributed by atoms with Crippen molar-refractivity contribution in [2.24, 2.45) is 0 Å². The topological polar surface area (TPSA) is 75.0 Å². The van der Waals surface area contributed by atoms with Crippen LogP contribution in [0.2, 0.25) is 0 Å². The van der Waals surface area contributed by atoms with E-state index in [1.165, 1.54) is 0 Å². The number of nitrogens with one attached hydrogen (secondary N) is 1. The average molecular weight is 247 g/mol. The van der Waals surface area contributed by atoms with Crippen LogP contribution in [0.3, 0.4) is 0 Å². The lowest BCUT2D eigenvalue weighted by Crippen LogP contribution is -2.13. The fraction of sp³-hybridized carbons (Fsp3) is 0.462. The summed E-state index contributed by atoms with van der Waals surface area (Å²) in [7, 11) is 0. The number of esters is 1. The Morgan fingerprint density at radius 2 is 2.28 bits per heavy atom. The minimum Gasteiger partial charge on any atom is -0.466 e. The van der Waals surface area contributed by atoms with Crippen LogP contribution in [0, 0.1) is 25.2 Å². The SMILES string of the molecule is CCOC(=O)CCNc1nc(C)cc(C)c1C#N. The van der Waals surface area contributed by atoms with E-state index in [2.05, 4.69) is 16.4 Å². The van der Waals surface area contributed by atoms with Crippen molar-refractivity contribution in [1.82, 2.24) is 4.98 Å². The van der Waals surface area contributed by atoms with E-state index in [0.29, 0.717) is 24.5 Å². The van der Waals surface area contributed by atoms with Crippen LogP contribution in [0.15, 0.2) is 6.07 Å². The molecule has 0 atom stereocenters. The molecule has 5 nitrogen and oxygen atoms in total. The van der Waals surface area contributed by atoms with E-state index >= 15 is 0 Å². The molecule has 0 aliphatic rings. The molecular formula is C13H17N3O2. The number of hydrogen-bond acceptors (Lipinski definition) is 5. The van der Waals surface area contributed by atoms with Crippen LogP contribution in [0.4, 0.5) is 5.82 Å². The zero-order valence-electron chi connectivity index (χ0n) is 10.9. The molecule has 0 radical (unpaired) electrons. The van der Waals surface area contributed by atoms with E-state index < -0.39 is 0 Å². The lowest BCUT2D eigenvalue weighted by atomic mass is 10.1. The van der Waals surface area contributed by atoms with Crippen molar-refractivity contribution < 1.29 is 9.53 Å². The van der Waals surface area contributed by atoms with Crippen molar-refractivity contribution in [3.05, 3.63) is 22.9 Å². The van der Waals surface area contributed by atoms with Gasteiger partial charge in [-0.05, 0) is 32.4 Å². The van der Waals surface area contributed by atoms with Gasteiger partial charge in [0.2, 0.25) is 0 Å². The molecule has 0 spiro atoms. The third-order valence-electron chi connectivity index (χ3n) is 2.38. The third-order valence-corrected chi connectivity index (χ3v) is 2.38. The van der Waals surface area contributed by atoms with Crippen LogP contribution in [0.25, 0.3) is 0 Å². The molecule has 1 heterocycles. The highest BCUT2D eigenvalue weighted by Crippen LogP contribution is 2.17. The smallest absolute Gasteiger partial charge is 0.307 e. The number of anilines is 1. The molecule has 0 aliphatic carbocycles. The van der Waals surface area contributed by atoms with Crippen molar-refractivity contribution in [1.29, 1.82) is 5.26 Å². The van der Waals surface area contributed by atoms with Crippen molar-refractivity contribution in [2.75, 3.05) is 18.5 Å². The van der Waals surface area contributed by atoms with Gasteiger partial charge < -0.3 is 10.1 Å². The number of carbonyl (C=O) groups is 1. The summed E-state index contributed by atoms with van der Waals surface area (Å²) in [5.41, 5.74) is 2.23. The largest absolute Gasteiger partial charge is 0.466 e. The fourth-order valence-electron chi connectivity index (χ4n) is 1.62. The number of hydrogen-bond donors (Lipinski definition) is 1. The highest BCUT2D eigenvalue weighted by Gasteiger charge is 2.09. The maximum atomic E-state index is 11.2. The number of carbonyl (C=O) groups excluding carboxylic acids is 1.